The molecule has 0 unspecified atom stereocenters. The van der Waals surface area contributed by atoms with E-state index in [4.69, 9.17) is 4.42 Å². The van der Waals surface area contributed by atoms with Crippen molar-refractivity contribution in [2.24, 2.45) is 0 Å². The lowest BCUT2D eigenvalue weighted by molar-refractivity contribution is 0.670. The van der Waals surface area contributed by atoms with Crippen molar-refractivity contribution in [2.75, 3.05) is 4.90 Å². The van der Waals surface area contributed by atoms with Crippen LogP contribution in [0.4, 0.5) is 17.1 Å². The van der Waals surface area contributed by atoms with Crippen LogP contribution < -0.4 is 4.90 Å². The van der Waals surface area contributed by atoms with E-state index in [0.29, 0.717) is 0 Å². The summed E-state index contributed by atoms with van der Waals surface area (Å²) < 4.78 is 9.13. The van der Waals surface area contributed by atoms with Crippen molar-refractivity contribution in [3.63, 3.8) is 0 Å². The van der Waals surface area contributed by atoms with Gasteiger partial charge in [-0.2, -0.15) is 0 Å². The Bertz CT molecular complexity index is 3530. The fourth-order valence-corrected chi connectivity index (χ4v) is 9.34. The first-order valence-corrected chi connectivity index (χ1v) is 21.5. The van der Waals surface area contributed by atoms with Crippen LogP contribution in [0.1, 0.15) is 0 Å². The number of furan rings is 1. The van der Waals surface area contributed by atoms with Gasteiger partial charge in [0, 0.05) is 49.9 Å². The zero-order chi connectivity index (χ0) is 41.7. The summed E-state index contributed by atoms with van der Waals surface area (Å²) in [6, 6.07) is 87.1. The third kappa shape index (κ3) is 6.46. The Hall–Kier alpha value is -8.40. The molecule has 0 saturated heterocycles. The first kappa shape index (κ1) is 36.5. The van der Waals surface area contributed by atoms with E-state index in [-0.39, 0.29) is 0 Å². The van der Waals surface area contributed by atoms with Gasteiger partial charge >= 0.3 is 0 Å². The summed E-state index contributed by atoms with van der Waals surface area (Å²) in [7, 11) is 0. The normalized spacial score (nSPS) is 11.5. The number of nitrogens with zero attached hydrogens (tertiary/aromatic N) is 2. The van der Waals surface area contributed by atoms with Gasteiger partial charge in [-0.3, -0.25) is 0 Å². The second-order valence-electron chi connectivity index (χ2n) is 16.1. The van der Waals surface area contributed by atoms with E-state index in [2.05, 4.69) is 246 Å². The minimum Gasteiger partial charge on any atom is -0.455 e. The maximum absolute atomic E-state index is 6.76. The fraction of sp³-hybridized carbons (Fsp3) is 0. The molecule has 296 valence electrons. The predicted octanol–water partition coefficient (Wildman–Crippen LogP) is 16.8. The lowest BCUT2D eigenvalue weighted by Crippen LogP contribution is -2.10. The average molecular weight is 805 g/mol. The van der Waals surface area contributed by atoms with Crippen LogP contribution in [0.25, 0.3) is 93.9 Å². The number of rotatable bonds is 8. The number of hydrogen-bond donors (Lipinski definition) is 0. The highest BCUT2D eigenvalue weighted by molar-refractivity contribution is 6.12. The zero-order valence-electron chi connectivity index (χ0n) is 34.4. The van der Waals surface area contributed by atoms with E-state index >= 15 is 0 Å². The lowest BCUT2D eigenvalue weighted by atomic mass is 9.98. The molecule has 0 radical (unpaired) electrons. The van der Waals surface area contributed by atoms with Crippen molar-refractivity contribution in [3.05, 3.63) is 243 Å². The monoisotopic (exact) mass is 804 g/mol. The SMILES string of the molecule is c1ccc(-c2ccc(-c3cccc(N(c4ccc(-c5ccccc5)cc4)c4cc(-c5ccc(-n6c7ccccc7c7ccccc76)cc5)c5oc6ccccc6c5c4)c3)cc2)cc1. The molecule has 0 amide bonds. The summed E-state index contributed by atoms with van der Waals surface area (Å²) in [6.07, 6.45) is 0. The Morgan fingerprint density at radius 1 is 0.302 bits per heavy atom. The number of aromatic nitrogens is 1. The smallest absolute Gasteiger partial charge is 0.143 e. The van der Waals surface area contributed by atoms with Crippen LogP contribution in [0, 0.1) is 0 Å². The Labute approximate surface area is 366 Å². The van der Waals surface area contributed by atoms with E-state index in [1.807, 2.05) is 6.07 Å². The molecule has 0 saturated carbocycles. The molecule has 63 heavy (non-hydrogen) atoms. The molecule has 10 aromatic carbocycles. The molecule has 0 spiro atoms. The summed E-state index contributed by atoms with van der Waals surface area (Å²) in [5.74, 6) is 0. The van der Waals surface area contributed by atoms with Gasteiger partial charge in [0.25, 0.3) is 0 Å². The standard InChI is InChI=1S/C60H40N2O/c1-3-14-41(15-4-1)43-26-28-45(29-27-43)47-18-13-19-50(38-47)61(48-34-30-44(31-35-48)42-16-5-2-6-17-42)51-39-55(60-56(40-51)54-22-9-12-25-59(54)63-60)46-32-36-49(37-33-46)62-57-23-10-7-20-52(57)53-21-8-11-24-58(53)62/h1-40H. The van der Waals surface area contributed by atoms with Gasteiger partial charge in [-0.1, -0.05) is 176 Å². The molecule has 0 fully saturated rings. The van der Waals surface area contributed by atoms with Crippen LogP contribution in [0.2, 0.25) is 0 Å². The molecule has 3 nitrogen and oxygen atoms in total. The molecule has 12 rings (SSSR count). The van der Waals surface area contributed by atoms with Crippen LogP contribution in [0.15, 0.2) is 247 Å². The lowest BCUT2D eigenvalue weighted by Gasteiger charge is -2.27. The first-order chi connectivity index (χ1) is 31.2. The van der Waals surface area contributed by atoms with Gasteiger partial charge in [-0.25, -0.2) is 0 Å². The first-order valence-electron chi connectivity index (χ1n) is 21.5. The molecule has 0 aliphatic carbocycles. The highest BCUT2D eigenvalue weighted by atomic mass is 16.3. The molecule has 0 atom stereocenters. The van der Waals surface area contributed by atoms with Crippen LogP contribution in [-0.4, -0.2) is 4.57 Å². The summed E-state index contributed by atoms with van der Waals surface area (Å²) in [5.41, 5.74) is 17.6. The highest BCUT2D eigenvalue weighted by Gasteiger charge is 2.21. The maximum Gasteiger partial charge on any atom is 0.143 e. The molecule has 12 aromatic rings. The molecule has 3 heteroatoms. The van der Waals surface area contributed by atoms with Gasteiger partial charge in [-0.05, 0) is 106 Å². The number of fused-ring (bicyclic) bond motifs is 6. The Morgan fingerprint density at radius 3 is 1.43 bits per heavy atom. The van der Waals surface area contributed by atoms with Crippen molar-refractivity contribution in [3.8, 4) is 50.2 Å². The molecule has 0 bridgehead atoms. The van der Waals surface area contributed by atoms with Crippen LogP contribution in [-0.2, 0) is 0 Å². The summed E-state index contributed by atoms with van der Waals surface area (Å²) in [6.45, 7) is 0. The van der Waals surface area contributed by atoms with Gasteiger partial charge in [0.1, 0.15) is 11.2 Å². The molecule has 2 heterocycles. The second kappa shape index (κ2) is 15.3. The Balaban J connectivity index is 1.02. The number of hydrogen-bond acceptors (Lipinski definition) is 2. The maximum atomic E-state index is 6.76. The molecule has 0 aliphatic heterocycles. The van der Waals surface area contributed by atoms with Crippen molar-refractivity contribution in [2.45, 2.75) is 0 Å². The van der Waals surface area contributed by atoms with Crippen molar-refractivity contribution in [1.82, 2.24) is 4.57 Å². The third-order valence-electron chi connectivity index (χ3n) is 12.4. The average Bonchev–Trinajstić information content (AvgIpc) is 3.91. The Kier molecular flexibility index (Phi) is 8.83. The predicted molar refractivity (Wildman–Crippen MR) is 264 cm³/mol. The van der Waals surface area contributed by atoms with Crippen molar-refractivity contribution >= 4 is 60.8 Å². The largest absolute Gasteiger partial charge is 0.455 e. The van der Waals surface area contributed by atoms with E-state index in [0.717, 1.165) is 66.9 Å². The van der Waals surface area contributed by atoms with Crippen molar-refractivity contribution < 1.29 is 4.42 Å². The molecular formula is C60H40N2O. The van der Waals surface area contributed by atoms with E-state index in [1.165, 1.54) is 44.1 Å². The summed E-state index contributed by atoms with van der Waals surface area (Å²) >= 11 is 0. The van der Waals surface area contributed by atoms with Gasteiger partial charge in [0.05, 0.1) is 11.0 Å². The van der Waals surface area contributed by atoms with E-state index < -0.39 is 0 Å². The van der Waals surface area contributed by atoms with Gasteiger partial charge in [0.15, 0.2) is 0 Å². The second-order valence-corrected chi connectivity index (χ2v) is 16.1. The molecule has 0 N–H and O–H groups in total. The number of benzene rings is 10. The van der Waals surface area contributed by atoms with Gasteiger partial charge in [-0.15, -0.1) is 0 Å². The molecular weight excluding hydrogens is 765 g/mol. The quantitative estimate of drug-likeness (QED) is 0.153. The van der Waals surface area contributed by atoms with Gasteiger partial charge < -0.3 is 13.9 Å². The minimum atomic E-state index is 0.868. The minimum absolute atomic E-state index is 0.868. The summed E-state index contributed by atoms with van der Waals surface area (Å²) in [5, 5.41) is 4.66. The molecule has 0 aliphatic rings. The summed E-state index contributed by atoms with van der Waals surface area (Å²) in [4.78, 5) is 2.38. The highest BCUT2D eigenvalue weighted by Crippen LogP contribution is 2.45. The van der Waals surface area contributed by atoms with Crippen LogP contribution in [0.3, 0.4) is 0 Å². The number of anilines is 3. The topological polar surface area (TPSA) is 21.3 Å². The molecule has 2 aromatic heterocycles. The van der Waals surface area contributed by atoms with Crippen molar-refractivity contribution in [1.29, 1.82) is 0 Å². The van der Waals surface area contributed by atoms with Crippen LogP contribution in [0.5, 0.6) is 0 Å². The van der Waals surface area contributed by atoms with E-state index in [9.17, 15) is 0 Å². The van der Waals surface area contributed by atoms with E-state index in [1.54, 1.807) is 0 Å². The van der Waals surface area contributed by atoms with Gasteiger partial charge in [0.2, 0.25) is 0 Å². The number of para-hydroxylation sites is 3. The fourth-order valence-electron chi connectivity index (χ4n) is 9.34. The zero-order valence-corrected chi connectivity index (χ0v) is 34.4. The Morgan fingerprint density at radius 2 is 0.794 bits per heavy atom. The van der Waals surface area contributed by atoms with Crippen LogP contribution >= 0.6 is 0 Å². The third-order valence-corrected chi connectivity index (χ3v) is 12.4.